The molecule has 2 aromatic heterocycles. The van der Waals surface area contributed by atoms with Crippen molar-refractivity contribution in [3.8, 4) is 0 Å². The number of aromatic nitrogens is 3. The number of rotatable bonds is 2. The monoisotopic (exact) mass is 372 g/mol. The van der Waals surface area contributed by atoms with E-state index in [0.29, 0.717) is 16.8 Å². The van der Waals surface area contributed by atoms with Crippen LogP contribution in [0.4, 0.5) is 5.95 Å². The summed E-state index contributed by atoms with van der Waals surface area (Å²) in [5.41, 5.74) is 6.09. The van der Waals surface area contributed by atoms with Crippen LogP contribution in [0.3, 0.4) is 0 Å². The van der Waals surface area contributed by atoms with Crippen LogP contribution in [0.15, 0.2) is 4.79 Å². The highest BCUT2D eigenvalue weighted by atomic mass is 35.5. The Morgan fingerprint density at radius 3 is 2.83 bits per heavy atom. The number of anilines is 1. The van der Waals surface area contributed by atoms with E-state index in [1.54, 1.807) is 4.57 Å². The Bertz CT molecular complexity index is 866. The molecule has 1 saturated carbocycles. The summed E-state index contributed by atoms with van der Waals surface area (Å²) in [5, 5.41) is 9.84. The minimum atomic E-state index is -0.761. The molecule has 0 aromatic carbocycles. The van der Waals surface area contributed by atoms with E-state index in [2.05, 4.69) is 9.97 Å². The van der Waals surface area contributed by atoms with Crippen molar-refractivity contribution in [1.82, 2.24) is 14.5 Å². The van der Waals surface area contributed by atoms with Gasteiger partial charge >= 0.3 is 4.87 Å². The van der Waals surface area contributed by atoms with Gasteiger partial charge in [-0.2, -0.15) is 9.97 Å². The number of nitrogens with zero attached hydrogens (tertiary/aromatic N) is 3. The highest BCUT2D eigenvalue weighted by Gasteiger charge is 2.55. The molecule has 3 N–H and O–H groups in total. The maximum Gasteiger partial charge on any atom is 0.309 e. The third kappa shape index (κ3) is 2.34. The minimum Gasteiger partial charge on any atom is -0.396 e. The summed E-state index contributed by atoms with van der Waals surface area (Å²) in [6.45, 7) is 3.61. The predicted octanol–water partition coefficient (Wildman–Crippen LogP) is 1.16. The molecule has 24 heavy (non-hydrogen) atoms. The number of nitrogens with two attached hydrogens (primary N) is 1. The van der Waals surface area contributed by atoms with Gasteiger partial charge < -0.3 is 20.3 Å². The molecule has 0 radical (unpaired) electrons. The third-order valence-corrected chi connectivity index (χ3v) is 5.89. The summed E-state index contributed by atoms with van der Waals surface area (Å²) in [6, 6.07) is -0.305. The lowest BCUT2D eigenvalue weighted by atomic mass is 10.1. The summed E-state index contributed by atoms with van der Waals surface area (Å²) in [4.78, 5) is 20.5. The van der Waals surface area contributed by atoms with Crippen LogP contribution in [0.25, 0.3) is 10.3 Å². The maximum absolute atomic E-state index is 12.6. The molecule has 2 aliphatic rings. The zero-order valence-electron chi connectivity index (χ0n) is 13.1. The second-order valence-corrected chi connectivity index (χ2v) is 7.89. The number of aliphatic hydroxyl groups is 1. The zero-order chi connectivity index (χ0) is 17.2. The van der Waals surface area contributed by atoms with E-state index < -0.39 is 5.79 Å². The van der Waals surface area contributed by atoms with Crippen molar-refractivity contribution in [3.63, 3.8) is 0 Å². The van der Waals surface area contributed by atoms with Crippen LogP contribution >= 0.6 is 22.9 Å². The van der Waals surface area contributed by atoms with Gasteiger partial charge in [0.2, 0.25) is 5.95 Å². The van der Waals surface area contributed by atoms with Crippen LogP contribution in [-0.4, -0.2) is 44.2 Å². The lowest BCUT2D eigenvalue weighted by Crippen LogP contribution is -2.31. The van der Waals surface area contributed by atoms with E-state index in [1.807, 2.05) is 13.8 Å². The molecule has 4 rings (SSSR count). The average molecular weight is 373 g/mol. The van der Waals surface area contributed by atoms with Gasteiger partial charge in [0, 0.05) is 12.5 Å². The Labute approximate surface area is 146 Å². The summed E-state index contributed by atoms with van der Waals surface area (Å²) < 4.78 is 14.0. The van der Waals surface area contributed by atoms with Gasteiger partial charge in [-0.3, -0.25) is 9.36 Å². The Balaban J connectivity index is 1.86. The molecular formula is C14H17ClN4O4S. The van der Waals surface area contributed by atoms with Crippen molar-refractivity contribution in [3.05, 3.63) is 14.8 Å². The molecule has 130 valence electrons. The first kappa shape index (κ1) is 16.2. The standard InChI is InChI=1S/C14H17ClN4O4S/c1-14(2)22-7-5(4-20)3-6(8(7)23-14)19-11-9(24-13(19)21)10(15)17-12(16)18-11/h5-8,20H,3-4H2,1-2H3,(H2,16,17,18)/t5-,6-,7-,8+/m1/s1. The van der Waals surface area contributed by atoms with Crippen molar-refractivity contribution in [2.24, 2.45) is 5.92 Å². The predicted molar refractivity (Wildman–Crippen MR) is 89.2 cm³/mol. The molecule has 0 amide bonds. The number of fused-ring (bicyclic) bond motifs is 2. The Kier molecular flexibility index (Phi) is 3.63. The SMILES string of the molecule is CC1(C)O[C@@H]2[C@@H](CO)C[C@@H](n3c(=O)sc4c(Cl)nc(N)nc43)[C@@H]2O1. The molecule has 10 heteroatoms. The topological polar surface area (TPSA) is 112 Å². The lowest BCUT2D eigenvalue weighted by Gasteiger charge is -2.23. The number of hydrogen-bond donors (Lipinski definition) is 2. The first-order valence-corrected chi connectivity index (χ1v) is 8.80. The van der Waals surface area contributed by atoms with Gasteiger partial charge in [-0.1, -0.05) is 22.9 Å². The quantitative estimate of drug-likeness (QED) is 0.760. The highest BCUT2D eigenvalue weighted by molar-refractivity contribution is 7.17. The van der Waals surface area contributed by atoms with Crippen molar-refractivity contribution in [2.45, 2.75) is 44.3 Å². The summed E-state index contributed by atoms with van der Waals surface area (Å²) >= 11 is 7.08. The Morgan fingerprint density at radius 2 is 2.12 bits per heavy atom. The fourth-order valence-electron chi connectivity index (χ4n) is 3.68. The first-order chi connectivity index (χ1) is 11.3. The Hall–Kier alpha value is -1.26. The van der Waals surface area contributed by atoms with E-state index >= 15 is 0 Å². The summed E-state index contributed by atoms with van der Waals surface area (Å²) in [5.74, 6) is -0.864. The third-order valence-electron chi connectivity index (χ3n) is 4.56. The number of ether oxygens (including phenoxy) is 2. The molecule has 0 unspecified atom stereocenters. The van der Waals surface area contributed by atoms with Crippen LogP contribution in [0.5, 0.6) is 0 Å². The summed E-state index contributed by atoms with van der Waals surface area (Å²) in [7, 11) is 0. The molecule has 1 aliphatic heterocycles. The van der Waals surface area contributed by atoms with E-state index in [0.717, 1.165) is 11.3 Å². The number of hydrogen-bond acceptors (Lipinski definition) is 8. The lowest BCUT2D eigenvalue weighted by molar-refractivity contribution is -0.161. The largest absolute Gasteiger partial charge is 0.396 e. The average Bonchev–Trinajstić information content (AvgIpc) is 3.07. The minimum absolute atomic E-state index is 0.0104. The molecular weight excluding hydrogens is 356 g/mol. The maximum atomic E-state index is 12.6. The van der Waals surface area contributed by atoms with Gasteiger partial charge in [0.1, 0.15) is 10.8 Å². The molecule has 4 atom stereocenters. The van der Waals surface area contributed by atoms with Crippen molar-refractivity contribution in [1.29, 1.82) is 0 Å². The van der Waals surface area contributed by atoms with E-state index in [9.17, 15) is 9.90 Å². The van der Waals surface area contributed by atoms with E-state index in [4.69, 9.17) is 26.8 Å². The van der Waals surface area contributed by atoms with Crippen LogP contribution in [0, 0.1) is 5.92 Å². The number of thiazole rings is 1. The van der Waals surface area contributed by atoms with Crippen LogP contribution in [0.2, 0.25) is 5.15 Å². The highest BCUT2D eigenvalue weighted by Crippen LogP contribution is 2.47. The fraction of sp³-hybridized carbons (Fsp3) is 0.643. The molecule has 1 saturated heterocycles. The molecule has 1 aliphatic carbocycles. The fourth-order valence-corrected chi connectivity index (χ4v) is 4.83. The van der Waals surface area contributed by atoms with Gasteiger partial charge in [-0.25, -0.2) is 0 Å². The smallest absolute Gasteiger partial charge is 0.309 e. The van der Waals surface area contributed by atoms with Gasteiger partial charge in [0.05, 0.1) is 12.1 Å². The molecule has 2 aromatic rings. The zero-order valence-corrected chi connectivity index (χ0v) is 14.7. The van der Waals surface area contributed by atoms with Gasteiger partial charge in [0.15, 0.2) is 16.6 Å². The summed E-state index contributed by atoms with van der Waals surface area (Å²) in [6.07, 6.45) is -0.0658. The number of nitrogen functional groups attached to an aromatic ring is 1. The molecule has 0 bridgehead atoms. The molecule has 3 heterocycles. The van der Waals surface area contributed by atoms with Gasteiger partial charge in [-0.15, -0.1) is 0 Å². The number of halogens is 1. The van der Waals surface area contributed by atoms with Gasteiger partial charge in [-0.05, 0) is 20.3 Å². The molecule has 8 nitrogen and oxygen atoms in total. The van der Waals surface area contributed by atoms with Crippen molar-refractivity contribution >= 4 is 39.2 Å². The van der Waals surface area contributed by atoms with Crippen molar-refractivity contribution < 1.29 is 14.6 Å². The molecule has 0 spiro atoms. The number of aliphatic hydroxyl groups excluding tert-OH is 1. The second kappa shape index (κ2) is 5.37. The van der Waals surface area contributed by atoms with Crippen molar-refractivity contribution in [2.75, 3.05) is 12.3 Å². The second-order valence-electron chi connectivity index (χ2n) is 6.57. The van der Waals surface area contributed by atoms with E-state index in [1.165, 1.54) is 0 Å². The van der Waals surface area contributed by atoms with Gasteiger partial charge in [0.25, 0.3) is 0 Å². The first-order valence-electron chi connectivity index (χ1n) is 7.61. The van der Waals surface area contributed by atoms with Crippen LogP contribution in [-0.2, 0) is 9.47 Å². The normalized spacial score (nSPS) is 31.7. The van der Waals surface area contributed by atoms with E-state index in [-0.39, 0.29) is 46.7 Å². The van der Waals surface area contributed by atoms with Crippen LogP contribution < -0.4 is 10.6 Å². The van der Waals surface area contributed by atoms with Crippen LogP contribution in [0.1, 0.15) is 26.3 Å². The molecule has 2 fully saturated rings. The Morgan fingerprint density at radius 1 is 1.42 bits per heavy atom.